The largest absolute Gasteiger partial charge is 0.373 e. The van der Waals surface area contributed by atoms with Gasteiger partial charge in [-0.1, -0.05) is 19.8 Å². The van der Waals surface area contributed by atoms with Gasteiger partial charge in [0.15, 0.2) is 0 Å². The topological polar surface area (TPSA) is 49.8 Å². The van der Waals surface area contributed by atoms with Crippen molar-refractivity contribution in [3.8, 4) is 0 Å². The molecule has 4 heteroatoms. The second-order valence-electron chi connectivity index (χ2n) is 6.03. The van der Waals surface area contributed by atoms with Crippen LogP contribution in [-0.2, 0) is 0 Å². The Morgan fingerprint density at radius 3 is 2.47 bits per heavy atom. The van der Waals surface area contributed by atoms with E-state index in [1.807, 2.05) is 13.1 Å². The molecule has 1 heterocycles. The van der Waals surface area contributed by atoms with E-state index >= 15 is 0 Å². The zero-order valence-electron chi connectivity index (χ0n) is 11.9. The third kappa shape index (κ3) is 2.99. The molecule has 0 radical (unpaired) electrons. The van der Waals surface area contributed by atoms with Crippen molar-refractivity contribution in [2.75, 3.05) is 17.7 Å². The van der Waals surface area contributed by atoms with Crippen LogP contribution < -0.4 is 10.6 Å². The molecule has 2 aliphatic carbocycles. The Hall–Kier alpha value is -1.32. The first-order valence-electron chi connectivity index (χ1n) is 7.59. The molecule has 0 saturated heterocycles. The molecule has 2 unspecified atom stereocenters. The molecule has 2 atom stereocenters. The van der Waals surface area contributed by atoms with Crippen molar-refractivity contribution in [2.24, 2.45) is 5.92 Å². The minimum absolute atomic E-state index is 0.570. The van der Waals surface area contributed by atoms with Crippen LogP contribution in [0.3, 0.4) is 0 Å². The van der Waals surface area contributed by atoms with E-state index in [4.69, 9.17) is 4.98 Å². The van der Waals surface area contributed by atoms with Gasteiger partial charge in [0.1, 0.15) is 17.5 Å². The molecule has 2 fully saturated rings. The van der Waals surface area contributed by atoms with E-state index in [0.29, 0.717) is 12.0 Å². The lowest BCUT2D eigenvalue weighted by Crippen LogP contribution is -2.30. The fraction of sp³-hybridized carbons (Fsp3) is 0.733. The number of nitrogens with one attached hydrogen (secondary N) is 2. The molecule has 0 aromatic carbocycles. The lowest BCUT2D eigenvalue weighted by atomic mass is 9.86. The molecule has 104 valence electrons. The average molecular weight is 260 g/mol. The van der Waals surface area contributed by atoms with Gasteiger partial charge in [-0.3, -0.25) is 0 Å². The van der Waals surface area contributed by atoms with Gasteiger partial charge in [0.05, 0.1) is 0 Å². The molecular weight excluding hydrogens is 236 g/mol. The Balaban J connectivity index is 1.77. The third-order valence-corrected chi connectivity index (χ3v) is 4.39. The maximum atomic E-state index is 4.71. The number of hydrogen-bond acceptors (Lipinski definition) is 4. The number of rotatable bonds is 4. The van der Waals surface area contributed by atoms with Crippen molar-refractivity contribution in [1.29, 1.82) is 0 Å². The maximum absolute atomic E-state index is 4.71. The van der Waals surface area contributed by atoms with Crippen LogP contribution in [0, 0.1) is 5.92 Å². The zero-order chi connectivity index (χ0) is 13.2. The lowest BCUT2D eigenvalue weighted by Gasteiger charge is -2.30. The second-order valence-corrected chi connectivity index (χ2v) is 6.03. The van der Waals surface area contributed by atoms with E-state index in [1.165, 1.54) is 38.5 Å². The first-order chi connectivity index (χ1) is 9.26. The first kappa shape index (κ1) is 12.7. The van der Waals surface area contributed by atoms with E-state index in [-0.39, 0.29) is 0 Å². The van der Waals surface area contributed by atoms with Gasteiger partial charge >= 0.3 is 0 Å². The summed E-state index contributed by atoms with van der Waals surface area (Å²) in [6.07, 6.45) is 7.79. The van der Waals surface area contributed by atoms with Crippen molar-refractivity contribution < 1.29 is 0 Å². The van der Waals surface area contributed by atoms with Crippen LogP contribution in [0.4, 0.5) is 11.6 Å². The molecular formula is C15H24N4. The molecule has 3 rings (SSSR count). The highest BCUT2D eigenvalue weighted by atomic mass is 15.1. The van der Waals surface area contributed by atoms with Crippen LogP contribution in [0.2, 0.25) is 0 Å². The van der Waals surface area contributed by atoms with E-state index in [0.717, 1.165) is 23.4 Å². The summed E-state index contributed by atoms with van der Waals surface area (Å²) in [5.74, 6) is 4.28. The standard InChI is InChI=1S/C15H24N4/c1-10-5-3-4-6-12(10)17-14-9-13(16-2)18-15(19-14)11-7-8-11/h9-12H,3-8H2,1-2H3,(H2,16,17,18,19). The predicted molar refractivity (Wildman–Crippen MR) is 78.6 cm³/mol. The van der Waals surface area contributed by atoms with Crippen molar-refractivity contribution in [3.05, 3.63) is 11.9 Å². The molecule has 0 spiro atoms. The van der Waals surface area contributed by atoms with Crippen molar-refractivity contribution in [2.45, 2.75) is 57.4 Å². The number of hydrogen-bond donors (Lipinski definition) is 2. The highest BCUT2D eigenvalue weighted by Crippen LogP contribution is 2.39. The summed E-state index contributed by atoms with van der Waals surface area (Å²) in [6, 6.07) is 2.60. The normalized spacial score (nSPS) is 27.1. The van der Waals surface area contributed by atoms with Crippen LogP contribution in [-0.4, -0.2) is 23.1 Å². The summed E-state index contributed by atoms with van der Waals surface area (Å²) in [4.78, 5) is 9.27. The van der Waals surface area contributed by atoms with Crippen molar-refractivity contribution >= 4 is 11.6 Å². The Morgan fingerprint density at radius 1 is 1.05 bits per heavy atom. The van der Waals surface area contributed by atoms with Gasteiger partial charge in [-0.05, 0) is 31.6 Å². The highest BCUT2D eigenvalue weighted by molar-refractivity contribution is 5.48. The fourth-order valence-corrected chi connectivity index (χ4v) is 2.91. The highest BCUT2D eigenvalue weighted by Gasteiger charge is 2.28. The first-order valence-corrected chi connectivity index (χ1v) is 7.59. The molecule has 2 N–H and O–H groups in total. The van der Waals surface area contributed by atoms with Crippen LogP contribution >= 0.6 is 0 Å². The summed E-state index contributed by atoms with van der Waals surface area (Å²) in [7, 11) is 1.92. The van der Waals surface area contributed by atoms with Crippen molar-refractivity contribution in [3.63, 3.8) is 0 Å². The molecule has 0 aliphatic heterocycles. The van der Waals surface area contributed by atoms with E-state index in [2.05, 4.69) is 22.5 Å². The van der Waals surface area contributed by atoms with Crippen molar-refractivity contribution in [1.82, 2.24) is 9.97 Å². The summed E-state index contributed by atoms with van der Waals surface area (Å²) in [6.45, 7) is 2.35. The molecule has 4 nitrogen and oxygen atoms in total. The SMILES string of the molecule is CNc1cc(NC2CCCCC2C)nc(C2CC2)n1. The van der Waals surface area contributed by atoms with Crippen LogP contribution in [0.15, 0.2) is 6.07 Å². The maximum Gasteiger partial charge on any atom is 0.136 e. The van der Waals surface area contributed by atoms with E-state index in [1.54, 1.807) is 0 Å². The van der Waals surface area contributed by atoms with E-state index in [9.17, 15) is 0 Å². The minimum atomic E-state index is 0.570. The molecule has 1 aromatic heterocycles. The number of anilines is 2. The molecule has 2 aliphatic rings. The smallest absolute Gasteiger partial charge is 0.136 e. The number of aromatic nitrogens is 2. The van der Waals surface area contributed by atoms with Gasteiger partial charge in [-0.2, -0.15) is 0 Å². The van der Waals surface area contributed by atoms with Gasteiger partial charge in [-0.15, -0.1) is 0 Å². The Labute approximate surface area is 115 Å². The Kier molecular flexibility index (Phi) is 3.58. The summed E-state index contributed by atoms with van der Waals surface area (Å²) in [5.41, 5.74) is 0. The summed E-state index contributed by atoms with van der Waals surface area (Å²) in [5, 5.41) is 6.79. The summed E-state index contributed by atoms with van der Waals surface area (Å²) >= 11 is 0. The van der Waals surface area contributed by atoms with Gasteiger partial charge in [0, 0.05) is 25.1 Å². The van der Waals surface area contributed by atoms with Gasteiger partial charge in [0.2, 0.25) is 0 Å². The predicted octanol–water partition coefficient (Wildman–Crippen LogP) is 3.39. The van der Waals surface area contributed by atoms with Crippen LogP contribution in [0.1, 0.15) is 57.2 Å². The Morgan fingerprint density at radius 2 is 1.79 bits per heavy atom. The molecule has 0 amide bonds. The minimum Gasteiger partial charge on any atom is -0.373 e. The lowest BCUT2D eigenvalue weighted by molar-refractivity contribution is 0.349. The zero-order valence-corrected chi connectivity index (χ0v) is 11.9. The molecule has 1 aromatic rings. The van der Waals surface area contributed by atoms with Gasteiger partial charge in [0.25, 0.3) is 0 Å². The van der Waals surface area contributed by atoms with Crippen LogP contribution in [0.5, 0.6) is 0 Å². The molecule has 2 saturated carbocycles. The van der Waals surface area contributed by atoms with Gasteiger partial charge < -0.3 is 10.6 Å². The van der Waals surface area contributed by atoms with Crippen LogP contribution in [0.25, 0.3) is 0 Å². The summed E-state index contributed by atoms with van der Waals surface area (Å²) < 4.78 is 0. The Bertz CT molecular complexity index is 442. The molecule has 0 bridgehead atoms. The average Bonchev–Trinajstić information content (AvgIpc) is 3.25. The van der Waals surface area contributed by atoms with Gasteiger partial charge in [-0.25, -0.2) is 9.97 Å². The molecule has 19 heavy (non-hydrogen) atoms. The number of nitrogens with zero attached hydrogens (tertiary/aromatic N) is 2. The fourth-order valence-electron chi connectivity index (χ4n) is 2.91. The monoisotopic (exact) mass is 260 g/mol. The third-order valence-electron chi connectivity index (χ3n) is 4.39. The quantitative estimate of drug-likeness (QED) is 0.871. The second kappa shape index (κ2) is 5.35. The van der Waals surface area contributed by atoms with E-state index < -0.39 is 0 Å².